The van der Waals surface area contributed by atoms with Crippen molar-refractivity contribution in [1.82, 2.24) is 15.2 Å². The zero-order chi connectivity index (χ0) is 15.4. The number of hydrogen-bond donors (Lipinski definition) is 1. The SMILES string of the molecule is CNC(=O)CN1CCC[C@@H](Cc2cccc3ncccc23)C1. The molecule has 4 heteroatoms. The van der Waals surface area contributed by atoms with Gasteiger partial charge in [0.15, 0.2) is 0 Å². The van der Waals surface area contributed by atoms with Crippen molar-refractivity contribution in [3.63, 3.8) is 0 Å². The van der Waals surface area contributed by atoms with Crippen LogP contribution in [0.5, 0.6) is 0 Å². The van der Waals surface area contributed by atoms with E-state index in [9.17, 15) is 4.79 Å². The van der Waals surface area contributed by atoms with E-state index >= 15 is 0 Å². The highest BCUT2D eigenvalue weighted by Gasteiger charge is 2.22. The number of nitrogens with zero attached hydrogens (tertiary/aromatic N) is 2. The molecule has 1 saturated heterocycles. The van der Waals surface area contributed by atoms with E-state index in [0.29, 0.717) is 12.5 Å². The first-order valence-electron chi connectivity index (χ1n) is 8.02. The van der Waals surface area contributed by atoms with Gasteiger partial charge in [-0.05, 0) is 49.4 Å². The molecule has 0 aliphatic carbocycles. The van der Waals surface area contributed by atoms with Crippen molar-refractivity contribution in [1.29, 1.82) is 0 Å². The van der Waals surface area contributed by atoms with Gasteiger partial charge in [0.1, 0.15) is 0 Å². The van der Waals surface area contributed by atoms with E-state index < -0.39 is 0 Å². The lowest BCUT2D eigenvalue weighted by atomic mass is 9.90. The molecule has 0 unspecified atom stereocenters. The van der Waals surface area contributed by atoms with Crippen LogP contribution in [-0.2, 0) is 11.2 Å². The van der Waals surface area contributed by atoms with Gasteiger partial charge in [-0.1, -0.05) is 18.2 Å². The summed E-state index contributed by atoms with van der Waals surface area (Å²) in [4.78, 5) is 18.3. The summed E-state index contributed by atoms with van der Waals surface area (Å²) in [5, 5.41) is 3.97. The number of nitrogens with one attached hydrogen (secondary N) is 1. The van der Waals surface area contributed by atoms with Crippen LogP contribution in [-0.4, -0.2) is 42.5 Å². The number of fused-ring (bicyclic) bond motifs is 1. The molecule has 2 aromatic rings. The van der Waals surface area contributed by atoms with Crippen LogP contribution < -0.4 is 5.32 Å². The largest absolute Gasteiger partial charge is 0.358 e. The Bertz CT molecular complexity index is 650. The van der Waals surface area contributed by atoms with E-state index in [-0.39, 0.29) is 5.91 Å². The number of rotatable bonds is 4. The quantitative estimate of drug-likeness (QED) is 0.941. The molecule has 3 rings (SSSR count). The summed E-state index contributed by atoms with van der Waals surface area (Å²) in [6, 6.07) is 10.5. The summed E-state index contributed by atoms with van der Waals surface area (Å²) >= 11 is 0. The predicted molar refractivity (Wildman–Crippen MR) is 88.7 cm³/mol. The number of benzene rings is 1. The molecule has 1 aromatic carbocycles. The van der Waals surface area contributed by atoms with Crippen LogP contribution in [0.3, 0.4) is 0 Å². The molecule has 4 nitrogen and oxygen atoms in total. The van der Waals surface area contributed by atoms with Crippen molar-refractivity contribution in [3.8, 4) is 0 Å². The average Bonchev–Trinajstić information content (AvgIpc) is 2.55. The van der Waals surface area contributed by atoms with Crippen LogP contribution in [0.1, 0.15) is 18.4 Å². The second-order valence-electron chi connectivity index (χ2n) is 6.11. The van der Waals surface area contributed by atoms with Gasteiger partial charge in [0.2, 0.25) is 5.91 Å². The Hall–Kier alpha value is -1.94. The lowest BCUT2D eigenvalue weighted by Gasteiger charge is -2.32. The standard InChI is InChI=1S/C18H23N3O/c1-19-18(22)13-21-10-4-5-14(12-21)11-15-6-2-8-17-16(15)7-3-9-20-17/h2-3,6-9,14H,4-5,10-13H2,1H3,(H,19,22)/t14-/m0/s1. The van der Waals surface area contributed by atoms with Crippen LogP contribution in [0.4, 0.5) is 0 Å². The lowest BCUT2D eigenvalue weighted by molar-refractivity contribution is -0.122. The minimum absolute atomic E-state index is 0.106. The first kappa shape index (κ1) is 15.0. The van der Waals surface area contributed by atoms with Gasteiger partial charge in [-0.2, -0.15) is 0 Å². The Kier molecular flexibility index (Phi) is 4.68. The number of carbonyl (C=O) groups excluding carboxylic acids is 1. The smallest absolute Gasteiger partial charge is 0.233 e. The third-order valence-corrected chi connectivity index (χ3v) is 4.49. The fraction of sp³-hybridized carbons (Fsp3) is 0.444. The zero-order valence-electron chi connectivity index (χ0n) is 13.1. The van der Waals surface area contributed by atoms with Gasteiger partial charge in [-0.25, -0.2) is 0 Å². The van der Waals surface area contributed by atoms with Crippen LogP contribution >= 0.6 is 0 Å². The Morgan fingerprint density at radius 3 is 3.14 bits per heavy atom. The maximum atomic E-state index is 11.6. The molecule has 1 aliphatic rings. The molecule has 0 saturated carbocycles. The molecular formula is C18H23N3O. The van der Waals surface area contributed by atoms with E-state index in [0.717, 1.165) is 25.0 Å². The van der Waals surface area contributed by atoms with Gasteiger partial charge in [-0.3, -0.25) is 14.7 Å². The normalized spacial score (nSPS) is 19.2. The number of hydrogen-bond acceptors (Lipinski definition) is 3. The molecule has 2 heterocycles. The van der Waals surface area contributed by atoms with Gasteiger partial charge in [0, 0.05) is 25.2 Å². The molecule has 116 valence electrons. The van der Waals surface area contributed by atoms with Gasteiger partial charge in [0.05, 0.1) is 12.1 Å². The molecule has 22 heavy (non-hydrogen) atoms. The number of pyridine rings is 1. The van der Waals surface area contributed by atoms with Crippen molar-refractivity contribution >= 4 is 16.8 Å². The van der Waals surface area contributed by atoms with E-state index in [1.807, 2.05) is 12.3 Å². The summed E-state index contributed by atoms with van der Waals surface area (Å²) in [5.41, 5.74) is 2.44. The first-order valence-corrected chi connectivity index (χ1v) is 8.02. The highest BCUT2D eigenvalue weighted by molar-refractivity contribution is 5.82. The highest BCUT2D eigenvalue weighted by atomic mass is 16.1. The van der Waals surface area contributed by atoms with Crippen molar-refractivity contribution in [2.45, 2.75) is 19.3 Å². The van der Waals surface area contributed by atoms with Crippen LogP contribution in [0.25, 0.3) is 10.9 Å². The Morgan fingerprint density at radius 2 is 2.27 bits per heavy atom. The number of amides is 1. The minimum atomic E-state index is 0.106. The van der Waals surface area contributed by atoms with Crippen molar-refractivity contribution in [2.24, 2.45) is 5.92 Å². The summed E-state index contributed by atoms with van der Waals surface area (Å²) < 4.78 is 0. The summed E-state index contributed by atoms with van der Waals surface area (Å²) in [7, 11) is 1.70. The molecule has 1 atom stereocenters. The second kappa shape index (κ2) is 6.88. The summed E-state index contributed by atoms with van der Waals surface area (Å²) in [5.74, 6) is 0.722. The fourth-order valence-electron chi connectivity index (χ4n) is 3.40. The Balaban J connectivity index is 1.70. The van der Waals surface area contributed by atoms with E-state index in [2.05, 4.69) is 39.5 Å². The number of piperidine rings is 1. The summed E-state index contributed by atoms with van der Waals surface area (Å²) in [6.07, 6.45) is 5.32. The molecule has 0 spiro atoms. The number of aromatic nitrogens is 1. The zero-order valence-corrected chi connectivity index (χ0v) is 13.1. The van der Waals surface area contributed by atoms with Crippen molar-refractivity contribution < 1.29 is 4.79 Å². The second-order valence-corrected chi connectivity index (χ2v) is 6.11. The van der Waals surface area contributed by atoms with Crippen LogP contribution in [0, 0.1) is 5.92 Å². The number of likely N-dealkylation sites (N-methyl/N-ethyl adjacent to an activating group) is 1. The third-order valence-electron chi connectivity index (χ3n) is 4.49. The summed E-state index contributed by atoms with van der Waals surface area (Å²) in [6.45, 7) is 2.55. The van der Waals surface area contributed by atoms with Gasteiger partial charge in [0.25, 0.3) is 0 Å². The Labute approximate surface area is 131 Å². The first-order chi connectivity index (χ1) is 10.8. The van der Waals surface area contributed by atoms with Crippen molar-refractivity contribution in [2.75, 3.05) is 26.7 Å². The fourth-order valence-corrected chi connectivity index (χ4v) is 3.40. The van der Waals surface area contributed by atoms with E-state index in [4.69, 9.17) is 0 Å². The van der Waals surface area contributed by atoms with Gasteiger partial charge >= 0.3 is 0 Å². The topological polar surface area (TPSA) is 45.2 Å². The lowest BCUT2D eigenvalue weighted by Crippen LogP contribution is -2.42. The third kappa shape index (κ3) is 3.45. The van der Waals surface area contributed by atoms with Crippen LogP contribution in [0.15, 0.2) is 36.5 Å². The van der Waals surface area contributed by atoms with E-state index in [1.165, 1.54) is 23.8 Å². The maximum absolute atomic E-state index is 11.6. The minimum Gasteiger partial charge on any atom is -0.358 e. The maximum Gasteiger partial charge on any atom is 0.233 e. The van der Waals surface area contributed by atoms with Gasteiger partial charge in [-0.15, -0.1) is 0 Å². The molecule has 0 bridgehead atoms. The van der Waals surface area contributed by atoms with Crippen molar-refractivity contribution in [3.05, 3.63) is 42.1 Å². The highest BCUT2D eigenvalue weighted by Crippen LogP contribution is 2.24. The molecule has 1 fully saturated rings. The number of carbonyl (C=O) groups is 1. The monoisotopic (exact) mass is 297 g/mol. The molecule has 1 amide bonds. The van der Waals surface area contributed by atoms with Crippen LogP contribution in [0.2, 0.25) is 0 Å². The average molecular weight is 297 g/mol. The molecule has 1 aromatic heterocycles. The van der Waals surface area contributed by atoms with Gasteiger partial charge < -0.3 is 5.32 Å². The molecule has 1 N–H and O–H groups in total. The molecular weight excluding hydrogens is 274 g/mol. The van der Waals surface area contributed by atoms with E-state index in [1.54, 1.807) is 7.05 Å². The Morgan fingerprint density at radius 1 is 1.36 bits per heavy atom. The molecule has 0 radical (unpaired) electrons. The molecule has 1 aliphatic heterocycles. The predicted octanol–water partition coefficient (Wildman–Crippen LogP) is 2.24. The number of likely N-dealkylation sites (tertiary alicyclic amines) is 1.